The van der Waals surface area contributed by atoms with Crippen LogP contribution < -0.4 is 15.4 Å². The van der Waals surface area contributed by atoms with Crippen LogP contribution in [0.15, 0.2) is 54.7 Å². The van der Waals surface area contributed by atoms with Crippen molar-refractivity contribution in [2.24, 2.45) is 0 Å². The van der Waals surface area contributed by atoms with Gasteiger partial charge in [0.15, 0.2) is 0 Å². The van der Waals surface area contributed by atoms with Crippen LogP contribution in [0, 0.1) is 6.92 Å². The molecule has 1 amide bonds. The van der Waals surface area contributed by atoms with Crippen molar-refractivity contribution in [1.29, 1.82) is 0 Å². The van der Waals surface area contributed by atoms with Crippen molar-refractivity contribution >= 4 is 29.1 Å². The molecule has 0 unspecified atom stereocenters. The maximum absolute atomic E-state index is 12.5. The van der Waals surface area contributed by atoms with Gasteiger partial charge < -0.3 is 15.4 Å². The summed E-state index contributed by atoms with van der Waals surface area (Å²) >= 11 is 6.08. The number of carbonyl (C=O) groups excluding carboxylic acids is 1. The summed E-state index contributed by atoms with van der Waals surface area (Å²) < 4.78 is 5.10. The lowest BCUT2D eigenvalue weighted by molar-refractivity contribution is 0.102. The minimum Gasteiger partial charge on any atom is -0.495 e. The van der Waals surface area contributed by atoms with Crippen molar-refractivity contribution in [3.8, 4) is 5.75 Å². The van der Waals surface area contributed by atoms with Gasteiger partial charge >= 0.3 is 0 Å². The van der Waals surface area contributed by atoms with Crippen molar-refractivity contribution in [1.82, 2.24) is 9.97 Å². The lowest BCUT2D eigenvalue weighted by atomic mass is 10.1. The summed E-state index contributed by atoms with van der Waals surface area (Å²) in [4.78, 5) is 20.9. The molecule has 0 saturated heterocycles. The first-order chi connectivity index (χ1) is 13.1. The number of hydrogen-bond donors (Lipinski definition) is 2. The summed E-state index contributed by atoms with van der Waals surface area (Å²) in [5.74, 6) is 0.579. The number of methoxy groups -OCH3 is 1. The van der Waals surface area contributed by atoms with Gasteiger partial charge in [0.25, 0.3) is 5.91 Å². The molecule has 27 heavy (non-hydrogen) atoms. The van der Waals surface area contributed by atoms with Crippen LogP contribution in [0.25, 0.3) is 0 Å². The first-order valence-corrected chi connectivity index (χ1v) is 8.71. The number of rotatable bonds is 6. The molecule has 0 saturated carbocycles. The molecule has 0 fully saturated rings. The molecule has 0 spiro atoms. The molecule has 2 N–H and O–H groups in total. The SMILES string of the molecule is COc1ccc(NC(=O)c2ccnc(NCc3ccccc3C)n2)cc1Cl. The molecule has 6 nitrogen and oxygen atoms in total. The Balaban J connectivity index is 1.68. The van der Waals surface area contributed by atoms with Gasteiger partial charge in [0, 0.05) is 18.4 Å². The number of nitrogens with one attached hydrogen (secondary N) is 2. The first kappa shape index (κ1) is 18.7. The molecule has 0 bridgehead atoms. The summed E-state index contributed by atoms with van der Waals surface area (Å²) in [7, 11) is 1.53. The Hall–Kier alpha value is -3.12. The normalized spacial score (nSPS) is 10.3. The van der Waals surface area contributed by atoms with Crippen LogP contribution in [-0.2, 0) is 6.54 Å². The Morgan fingerprint density at radius 3 is 2.74 bits per heavy atom. The predicted molar refractivity (Wildman–Crippen MR) is 106 cm³/mol. The van der Waals surface area contributed by atoms with Gasteiger partial charge in [0.2, 0.25) is 5.95 Å². The number of carbonyl (C=O) groups is 1. The van der Waals surface area contributed by atoms with Gasteiger partial charge in [-0.25, -0.2) is 9.97 Å². The maximum Gasteiger partial charge on any atom is 0.274 e. The molecule has 1 aromatic heterocycles. The van der Waals surface area contributed by atoms with Crippen LogP contribution in [0.1, 0.15) is 21.6 Å². The van der Waals surface area contributed by atoms with Gasteiger partial charge in [-0.3, -0.25) is 4.79 Å². The highest BCUT2D eigenvalue weighted by atomic mass is 35.5. The average Bonchev–Trinajstić information content (AvgIpc) is 2.68. The van der Waals surface area contributed by atoms with Crippen LogP contribution in [0.4, 0.5) is 11.6 Å². The second kappa shape index (κ2) is 8.51. The van der Waals surface area contributed by atoms with Gasteiger partial charge in [-0.15, -0.1) is 0 Å². The fourth-order valence-corrected chi connectivity index (χ4v) is 2.75. The summed E-state index contributed by atoms with van der Waals surface area (Å²) in [6.45, 7) is 2.62. The van der Waals surface area contributed by atoms with E-state index in [2.05, 4.69) is 20.6 Å². The number of hydrogen-bond acceptors (Lipinski definition) is 5. The smallest absolute Gasteiger partial charge is 0.274 e. The predicted octanol–water partition coefficient (Wildman–Crippen LogP) is 4.31. The van der Waals surface area contributed by atoms with Gasteiger partial charge in [-0.05, 0) is 42.3 Å². The van der Waals surface area contributed by atoms with E-state index in [4.69, 9.17) is 16.3 Å². The maximum atomic E-state index is 12.5. The first-order valence-electron chi connectivity index (χ1n) is 8.33. The quantitative estimate of drug-likeness (QED) is 0.664. The van der Waals surface area contributed by atoms with Gasteiger partial charge in [-0.1, -0.05) is 35.9 Å². The average molecular weight is 383 g/mol. The molecular formula is C20H19ClN4O2. The zero-order chi connectivity index (χ0) is 19.2. The van der Waals surface area contributed by atoms with E-state index >= 15 is 0 Å². The fraction of sp³-hybridized carbons (Fsp3) is 0.150. The molecule has 3 rings (SSSR count). The molecule has 7 heteroatoms. The van der Waals surface area contributed by atoms with Crippen LogP contribution in [-0.4, -0.2) is 23.0 Å². The molecule has 138 valence electrons. The monoisotopic (exact) mass is 382 g/mol. The Kier molecular flexibility index (Phi) is 5.88. The van der Waals surface area contributed by atoms with E-state index in [1.165, 1.54) is 12.7 Å². The van der Waals surface area contributed by atoms with E-state index in [-0.39, 0.29) is 11.6 Å². The molecule has 0 aliphatic carbocycles. The molecule has 0 aliphatic heterocycles. The summed E-state index contributed by atoms with van der Waals surface area (Å²) in [6.07, 6.45) is 1.54. The molecule has 3 aromatic rings. The van der Waals surface area contributed by atoms with E-state index in [0.29, 0.717) is 29.0 Å². The lowest BCUT2D eigenvalue weighted by Gasteiger charge is -2.10. The van der Waals surface area contributed by atoms with E-state index in [0.717, 1.165) is 5.56 Å². The van der Waals surface area contributed by atoms with Crippen molar-refractivity contribution < 1.29 is 9.53 Å². The Morgan fingerprint density at radius 1 is 1.19 bits per heavy atom. The number of nitrogens with zero attached hydrogens (tertiary/aromatic N) is 2. The number of benzene rings is 2. The third kappa shape index (κ3) is 4.74. The zero-order valence-electron chi connectivity index (χ0n) is 15.0. The topological polar surface area (TPSA) is 76.1 Å². The van der Waals surface area contributed by atoms with Gasteiger partial charge in [0.05, 0.1) is 12.1 Å². The Bertz CT molecular complexity index is 962. The summed E-state index contributed by atoms with van der Waals surface area (Å²) in [5, 5.41) is 6.32. The zero-order valence-corrected chi connectivity index (χ0v) is 15.7. The number of halogens is 1. The van der Waals surface area contributed by atoms with Crippen LogP contribution in [0.2, 0.25) is 5.02 Å². The van der Waals surface area contributed by atoms with E-state index in [9.17, 15) is 4.79 Å². The summed E-state index contributed by atoms with van der Waals surface area (Å²) in [6, 6.07) is 14.6. The molecule has 0 aliphatic rings. The minimum atomic E-state index is -0.349. The van der Waals surface area contributed by atoms with Crippen molar-refractivity contribution in [2.75, 3.05) is 17.7 Å². The van der Waals surface area contributed by atoms with Crippen LogP contribution >= 0.6 is 11.6 Å². The minimum absolute atomic E-state index is 0.254. The molecular weight excluding hydrogens is 364 g/mol. The van der Waals surface area contributed by atoms with Crippen LogP contribution in [0.3, 0.4) is 0 Å². The second-order valence-corrected chi connectivity index (χ2v) is 6.26. The third-order valence-corrected chi connectivity index (χ3v) is 4.29. The second-order valence-electron chi connectivity index (χ2n) is 5.85. The molecule has 0 radical (unpaired) electrons. The van der Waals surface area contributed by atoms with Crippen molar-refractivity contribution in [2.45, 2.75) is 13.5 Å². The number of aromatic nitrogens is 2. The van der Waals surface area contributed by atoms with Gasteiger partial charge in [-0.2, -0.15) is 0 Å². The largest absolute Gasteiger partial charge is 0.495 e. The third-order valence-electron chi connectivity index (χ3n) is 4.00. The Morgan fingerprint density at radius 2 is 2.00 bits per heavy atom. The standard InChI is InChI=1S/C20H19ClN4O2/c1-13-5-3-4-6-14(13)12-23-20-22-10-9-17(25-20)19(26)24-15-7-8-18(27-2)16(21)11-15/h3-11H,12H2,1-2H3,(H,24,26)(H,22,23,25). The number of amides is 1. The van der Waals surface area contributed by atoms with E-state index in [1.54, 1.807) is 30.5 Å². The number of anilines is 2. The fourth-order valence-electron chi connectivity index (χ4n) is 2.49. The number of aryl methyl sites for hydroxylation is 1. The highest BCUT2D eigenvalue weighted by molar-refractivity contribution is 6.32. The summed E-state index contributed by atoms with van der Waals surface area (Å²) in [5.41, 5.74) is 3.13. The van der Waals surface area contributed by atoms with Gasteiger partial charge in [0.1, 0.15) is 11.4 Å². The molecule has 1 heterocycles. The lowest BCUT2D eigenvalue weighted by Crippen LogP contribution is -2.15. The van der Waals surface area contributed by atoms with Crippen molar-refractivity contribution in [3.63, 3.8) is 0 Å². The van der Waals surface area contributed by atoms with E-state index < -0.39 is 0 Å². The van der Waals surface area contributed by atoms with Crippen molar-refractivity contribution in [3.05, 3.63) is 76.6 Å². The highest BCUT2D eigenvalue weighted by Gasteiger charge is 2.11. The molecule has 0 atom stereocenters. The molecule has 2 aromatic carbocycles. The number of ether oxygens (including phenoxy) is 1. The highest BCUT2D eigenvalue weighted by Crippen LogP contribution is 2.27. The Labute approximate surface area is 162 Å². The van der Waals surface area contributed by atoms with Crippen LogP contribution in [0.5, 0.6) is 5.75 Å². The van der Waals surface area contributed by atoms with E-state index in [1.807, 2.05) is 31.2 Å².